The fourth-order valence-electron chi connectivity index (χ4n) is 3.39. The number of hydrogen-bond acceptors (Lipinski definition) is 7. The summed E-state index contributed by atoms with van der Waals surface area (Å²) in [6.45, 7) is 2.97. The highest BCUT2D eigenvalue weighted by Crippen LogP contribution is 2.28. The average Bonchev–Trinajstić information content (AvgIpc) is 3.14. The zero-order chi connectivity index (χ0) is 18.8. The van der Waals surface area contributed by atoms with Gasteiger partial charge in [-0.1, -0.05) is 35.5 Å². The quantitative estimate of drug-likeness (QED) is 0.760. The average molecular weight is 364 g/mol. The first kappa shape index (κ1) is 17.1. The van der Waals surface area contributed by atoms with E-state index >= 15 is 0 Å². The molecule has 8 heteroatoms. The summed E-state index contributed by atoms with van der Waals surface area (Å²) < 4.78 is 5.09. The Morgan fingerprint density at radius 1 is 1.26 bits per heavy atom. The van der Waals surface area contributed by atoms with Crippen LogP contribution in [-0.4, -0.2) is 44.0 Å². The van der Waals surface area contributed by atoms with Gasteiger partial charge in [0.25, 0.3) is 5.91 Å². The van der Waals surface area contributed by atoms with Gasteiger partial charge in [-0.15, -0.1) is 0 Å². The molecule has 0 aliphatic carbocycles. The number of likely N-dealkylation sites (tertiary alicyclic amines) is 1. The Balaban J connectivity index is 1.63. The van der Waals surface area contributed by atoms with Crippen molar-refractivity contribution < 1.29 is 9.32 Å². The number of carbonyl (C=O) groups is 1. The second-order valence-corrected chi connectivity index (χ2v) is 6.62. The van der Waals surface area contributed by atoms with Crippen LogP contribution < -0.4 is 5.73 Å². The number of amides is 1. The summed E-state index contributed by atoms with van der Waals surface area (Å²) in [7, 11) is 0. The molecular formula is C19H20N6O2. The van der Waals surface area contributed by atoms with Gasteiger partial charge in [0.15, 0.2) is 5.82 Å². The van der Waals surface area contributed by atoms with Crippen LogP contribution in [-0.2, 0) is 0 Å². The van der Waals surface area contributed by atoms with Crippen molar-refractivity contribution in [3.8, 4) is 11.3 Å². The lowest BCUT2D eigenvalue weighted by Crippen LogP contribution is -2.39. The van der Waals surface area contributed by atoms with Crippen molar-refractivity contribution in [3.63, 3.8) is 0 Å². The third-order valence-electron chi connectivity index (χ3n) is 4.70. The lowest BCUT2D eigenvalue weighted by atomic mass is 9.96. The molecule has 1 fully saturated rings. The SMILES string of the molecule is Cc1nc([C@@H]2CCCN(C(=O)c3cnc(N)nc3-c3ccccc3)C2)no1. The Labute approximate surface area is 156 Å². The first-order chi connectivity index (χ1) is 13.1. The molecule has 1 aliphatic rings. The Hall–Kier alpha value is -3.29. The van der Waals surface area contributed by atoms with Gasteiger partial charge in [0.2, 0.25) is 11.8 Å². The smallest absolute Gasteiger partial charge is 0.257 e. The van der Waals surface area contributed by atoms with E-state index in [1.807, 2.05) is 30.3 Å². The van der Waals surface area contributed by atoms with Crippen molar-refractivity contribution >= 4 is 11.9 Å². The lowest BCUT2D eigenvalue weighted by molar-refractivity contribution is 0.0703. The highest BCUT2D eigenvalue weighted by molar-refractivity contribution is 5.99. The molecule has 138 valence electrons. The molecule has 0 spiro atoms. The van der Waals surface area contributed by atoms with Crippen LogP contribution in [0.4, 0.5) is 5.95 Å². The van der Waals surface area contributed by atoms with E-state index in [4.69, 9.17) is 10.3 Å². The fraction of sp³-hybridized carbons (Fsp3) is 0.316. The van der Waals surface area contributed by atoms with Gasteiger partial charge in [0.05, 0.1) is 11.3 Å². The molecule has 1 saturated heterocycles. The van der Waals surface area contributed by atoms with Crippen molar-refractivity contribution in [1.29, 1.82) is 0 Å². The molecule has 1 aliphatic heterocycles. The molecule has 3 heterocycles. The van der Waals surface area contributed by atoms with E-state index in [0.717, 1.165) is 18.4 Å². The summed E-state index contributed by atoms with van der Waals surface area (Å²) in [5.74, 6) is 1.28. The Morgan fingerprint density at radius 3 is 2.81 bits per heavy atom. The minimum Gasteiger partial charge on any atom is -0.368 e. The van der Waals surface area contributed by atoms with Crippen LogP contribution in [0, 0.1) is 6.92 Å². The van der Waals surface area contributed by atoms with E-state index < -0.39 is 0 Å². The van der Waals surface area contributed by atoms with Crippen LogP contribution in [0.25, 0.3) is 11.3 Å². The first-order valence-corrected chi connectivity index (χ1v) is 8.89. The molecule has 0 radical (unpaired) electrons. The monoisotopic (exact) mass is 364 g/mol. The molecule has 8 nitrogen and oxygen atoms in total. The summed E-state index contributed by atoms with van der Waals surface area (Å²) >= 11 is 0. The minimum atomic E-state index is -0.112. The molecule has 2 N–H and O–H groups in total. The third-order valence-corrected chi connectivity index (χ3v) is 4.70. The second-order valence-electron chi connectivity index (χ2n) is 6.62. The van der Waals surface area contributed by atoms with Crippen LogP contribution in [0.5, 0.6) is 0 Å². The van der Waals surface area contributed by atoms with Crippen LogP contribution >= 0.6 is 0 Å². The van der Waals surface area contributed by atoms with Gasteiger partial charge in [-0.3, -0.25) is 4.79 Å². The molecule has 1 aromatic carbocycles. The predicted molar refractivity (Wildman–Crippen MR) is 98.8 cm³/mol. The molecule has 1 amide bonds. The summed E-state index contributed by atoms with van der Waals surface area (Å²) in [5.41, 5.74) is 7.59. The highest BCUT2D eigenvalue weighted by atomic mass is 16.5. The molecule has 27 heavy (non-hydrogen) atoms. The van der Waals surface area contributed by atoms with Crippen LogP contribution in [0.2, 0.25) is 0 Å². The van der Waals surface area contributed by atoms with Crippen molar-refractivity contribution in [3.05, 3.63) is 53.8 Å². The van der Waals surface area contributed by atoms with E-state index in [0.29, 0.717) is 36.1 Å². The van der Waals surface area contributed by atoms with Gasteiger partial charge in [-0.05, 0) is 12.8 Å². The first-order valence-electron chi connectivity index (χ1n) is 8.89. The predicted octanol–water partition coefficient (Wildman–Crippen LogP) is 2.44. The molecule has 3 aromatic rings. The van der Waals surface area contributed by atoms with Gasteiger partial charge in [0.1, 0.15) is 0 Å². The van der Waals surface area contributed by atoms with Crippen molar-refractivity contribution in [2.45, 2.75) is 25.7 Å². The van der Waals surface area contributed by atoms with Gasteiger partial charge < -0.3 is 15.2 Å². The van der Waals surface area contributed by atoms with Crippen LogP contribution in [0.1, 0.15) is 40.8 Å². The number of anilines is 1. The molecule has 0 unspecified atom stereocenters. The zero-order valence-electron chi connectivity index (χ0n) is 15.0. The molecular weight excluding hydrogens is 344 g/mol. The van der Waals surface area contributed by atoms with Gasteiger partial charge in [-0.25, -0.2) is 9.97 Å². The fourth-order valence-corrected chi connectivity index (χ4v) is 3.39. The number of nitrogens with zero attached hydrogens (tertiary/aromatic N) is 5. The number of hydrogen-bond donors (Lipinski definition) is 1. The number of benzene rings is 1. The number of aromatic nitrogens is 4. The number of aryl methyl sites for hydroxylation is 1. The number of carbonyl (C=O) groups excluding carboxylic acids is 1. The summed E-state index contributed by atoms with van der Waals surface area (Å²) in [6, 6.07) is 9.52. The Kier molecular flexibility index (Phi) is 4.53. The number of nitrogen functional groups attached to an aromatic ring is 1. The van der Waals surface area contributed by atoms with E-state index in [9.17, 15) is 4.79 Å². The standard InChI is InChI=1S/C19H20N6O2/c1-12-22-17(24-27-12)14-8-5-9-25(11-14)18(26)15-10-21-19(20)23-16(15)13-6-3-2-4-7-13/h2-4,6-7,10,14H,5,8-9,11H2,1H3,(H2,20,21,23)/t14-/m1/s1. The third kappa shape index (κ3) is 3.51. The van der Waals surface area contributed by atoms with Gasteiger partial charge in [-0.2, -0.15) is 4.98 Å². The summed E-state index contributed by atoms with van der Waals surface area (Å²) in [4.78, 5) is 27.7. The molecule has 4 rings (SSSR count). The maximum absolute atomic E-state index is 13.2. The largest absolute Gasteiger partial charge is 0.368 e. The van der Waals surface area contributed by atoms with Crippen molar-refractivity contribution in [1.82, 2.24) is 25.0 Å². The normalized spacial score (nSPS) is 17.1. The van der Waals surface area contributed by atoms with Gasteiger partial charge >= 0.3 is 0 Å². The van der Waals surface area contributed by atoms with Crippen LogP contribution in [0.3, 0.4) is 0 Å². The summed E-state index contributed by atoms with van der Waals surface area (Å²) in [6.07, 6.45) is 3.31. The minimum absolute atomic E-state index is 0.0648. The van der Waals surface area contributed by atoms with E-state index in [1.165, 1.54) is 6.20 Å². The van der Waals surface area contributed by atoms with E-state index in [2.05, 4.69) is 20.1 Å². The molecule has 0 saturated carbocycles. The molecule has 0 bridgehead atoms. The Morgan fingerprint density at radius 2 is 2.07 bits per heavy atom. The van der Waals surface area contributed by atoms with Crippen molar-refractivity contribution in [2.75, 3.05) is 18.8 Å². The molecule has 1 atom stereocenters. The van der Waals surface area contributed by atoms with E-state index in [-0.39, 0.29) is 17.8 Å². The van der Waals surface area contributed by atoms with E-state index in [1.54, 1.807) is 11.8 Å². The van der Waals surface area contributed by atoms with Crippen molar-refractivity contribution in [2.24, 2.45) is 0 Å². The highest BCUT2D eigenvalue weighted by Gasteiger charge is 2.30. The summed E-state index contributed by atoms with van der Waals surface area (Å²) in [5, 5.41) is 4.02. The van der Waals surface area contributed by atoms with Crippen LogP contribution in [0.15, 0.2) is 41.1 Å². The number of piperidine rings is 1. The maximum atomic E-state index is 13.2. The number of nitrogens with two attached hydrogens (primary N) is 1. The maximum Gasteiger partial charge on any atom is 0.257 e. The topological polar surface area (TPSA) is 111 Å². The Bertz CT molecular complexity index is 956. The molecule has 2 aromatic heterocycles. The zero-order valence-corrected chi connectivity index (χ0v) is 15.0. The number of rotatable bonds is 3. The lowest BCUT2D eigenvalue weighted by Gasteiger charge is -2.31. The van der Waals surface area contributed by atoms with Gasteiger partial charge in [0, 0.05) is 37.7 Å². The second kappa shape index (κ2) is 7.14.